The second-order valence-electron chi connectivity index (χ2n) is 11.0. The van der Waals surface area contributed by atoms with Gasteiger partial charge in [0.25, 0.3) is 0 Å². The van der Waals surface area contributed by atoms with Gasteiger partial charge < -0.3 is 19.3 Å². The van der Waals surface area contributed by atoms with Gasteiger partial charge in [0, 0.05) is 17.8 Å². The Balaban J connectivity index is 1.17. The predicted molar refractivity (Wildman–Crippen MR) is 162 cm³/mol. The number of nitrogens with one attached hydrogen (secondary N) is 2. The Morgan fingerprint density at radius 2 is 1.88 bits per heavy atom. The first-order chi connectivity index (χ1) is 20.0. The summed E-state index contributed by atoms with van der Waals surface area (Å²) in [4.78, 5) is 25.8. The summed E-state index contributed by atoms with van der Waals surface area (Å²) in [6.45, 7) is 7.49. The molecule has 0 saturated carbocycles. The first kappa shape index (κ1) is 25.3. The van der Waals surface area contributed by atoms with Gasteiger partial charge in [-0.15, -0.1) is 0 Å². The predicted octanol–water partition coefficient (Wildman–Crippen LogP) is 7.02. The molecule has 8 heteroatoms. The largest absolute Gasteiger partial charge is 0.436 e. The van der Waals surface area contributed by atoms with Gasteiger partial charge in [-0.2, -0.15) is 0 Å². The van der Waals surface area contributed by atoms with Crippen molar-refractivity contribution in [2.75, 3.05) is 20.6 Å². The third kappa shape index (κ3) is 4.50. The number of benzene rings is 3. The molecule has 0 radical (unpaired) electrons. The van der Waals surface area contributed by atoms with Gasteiger partial charge in [-0.25, -0.2) is 15.0 Å². The van der Waals surface area contributed by atoms with Crippen LogP contribution in [0.15, 0.2) is 89.6 Å². The Morgan fingerprint density at radius 3 is 2.71 bits per heavy atom. The Bertz CT molecular complexity index is 1860. The van der Waals surface area contributed by atoms with E-state index in [1.165, 1.54) is 5.56 Å². The zero-order valence-corrected chi connectivity index (χ0v) is 23.6. The molecule has 1 fully saturated rings. The number of hydrogen-bond donors (Lipinski definition) is 2. The maximum absolute atomic E-state index is 6.24. The maximum atomic E-state index is 6.24. The Morgan fingerprint density at radius 1 is 1.02 bits per heavy atom. The molecule has 41 heavy (non-hydrogen) atoms. The fourth-order valence-corrected chi connectivity index (χ4v) is 6.18. The second kappa shape index (κ2) is 10.1. The van der Waals surface area contributed by atoms with Gasteiger partial charge in [0.15, 0.2) is 5.76 Å². The van der Waals surface area contributed by atoms with Crippen LogP contribution in [0.4, 0.5) is 0 Å². The molecule has 4 heterocycles. The molecule has 1 saturated heterocycles. The highest BCUT2D eigenvalue weighted by Crippen LogP contribution is 2.40. The summed E-state index contributed by atoms with van der Waals surface area (Å²) in [6.07, 6.45) is 3.91. The molecular weight excluding hydrogens is 510 g/mol. The number of aromatic amines is 2. The molecule has 0 spiro atoms. The van der Waals surface area contributed by atoms with Crippen LogP contribution in [0, 0.1) is 6.92 Å². The van der Waals surface area contributed by atoms with Gasteiger partial charge in [0.1, 0.15) is 17.2 Å². The number of hydrogen-bond acceptors (Lipinski definition) is 6. The van der Waals surface area contributed by atoms with E-state index in [1.54, 1.807) is 6.20 Å². The summed E-state index contributed by atoms with van der Waals surface area (Å²) in [5.41, 5.74) is 7.90. The molecule has 1 aliphatic rings. The number of fused-ring (bicyclic) bond motifs is 2. The molecule has 0 bridgehead atoms. The molecule has 0 unspecified atom stereocenters. The number of aryl methyl sites for hydroxylation is 1. The molecule has 6 aromatic rings. The summed E-state index contributed by atoms with van der Waals surface area (Å²) < 4.78 is 6.24. The van der Waals surface area contributed by atoms with Gasteiger partial charge in [-0.05, 0) is 69.8 Å². The van der Waals surface area contributed by atoms with E-state index in [1.807, 2.05) is 37.3 Å². The quantitative estimate of drug-likeness (QED) is 0.225. The van der Waals surface area contributed by atoms with Crippen molar-refractivity contribution < 1.29 is 4.42 Å². The van der Waals surface area contributed by atoms with Crippen LogP contribution in [0.3, 0.4) is 0 Å². The van der Waals surface area contributed by atoms with Crippen molar-refractivity contribution in [3.8, 4) is 22.8 Å². The number of likely N-dealkylation sites (N-methyl/N-ethyl adjacent to an activating group) is 1. The normalized spacial score (nSPS) is 16.3. The van der Waals surface area contributed by atoms with E-state index in [-0.39, 0.29) is 12.1 Å². The highest BCUT2D eigenvalue weighted by atomic mass is 16.4. The van der Waals surface area contributed by atoms with Crippen LogP contribution < -0.4 is 0 Å². The minimum absolute atomic E-state index is 0.102. The highest BCUT2D eigenvalue weighted by molar-refractivity contribution is 5.90. The van der Waals surface area contributed by atoms with Gasteiger partial charge in [0.05, 0.1) is 40.4 Å². The third-order valence-corrected chi connectivity index (χ3v) is 8.04. The van der Waals surface area contributed by atoms with E-state index < -0.39 is 0 Å². The fourth-order valence-electron chi connectivity index (χ4n) is 6.18. The molecule has 206 valence electrons. The summed E-state index contributed by atoms with van der Waals surface area (Å²) >= 11 is 0. The topological polar surface area (TPSA) is 89.9 Å². The number of imidazole rings is 2. The Kier molecular flexibility index (Phi) is 6.20. The second-order valence-corrected chi connectivity index (χ2v) is 11.0. The number of likely N-dealkylation sites (tertiary alicyclic amines) is 1. The zero-order chi connectivity index (χ0) is 28.1. The Hall–Kier alpha value is -4.69. The lowest BCUT2D eigenvalue weighted by atomic mass is 10.0. The third-order valence-electron chi connectivity index (χ3n) is 8.04. The smallest absolute Gasteiger partial charge is 0.228 e. The molecule has 1 aliphatic heterocycles. The van der Waals surface area contributed by atoms with Crippen LogP contribution in [0.25, 0.3) is 44.8 Å². The maximum Gasteiger partial charge on any atom is 0.228 e. The van der Waals surface area contributed by atoms with E-state index in [0.29, 0.717) is 11.7 Å². The molecule has 3 aromatic heterocycles. The van der Waals surface area contributed by atoms with Crippen LogP contribution in [0.1, 0.15) is 42.1 Å². The molecule has 2 N–H and O–H groups in total. The average molecular weight is 544 g/mol. The SMILES string of the molecule is C=C([C@@H](c1ccccc1)N(C)C)N1CCC[C@H]1c1nc2ccc(-c3cnc(-c4cccc5[nH]c(C)nc45)o3)cc2[nH]1. The van der Waals surface area contributed by atoms with Crippen molar-refractivity contribution in [3.63, 3.8) is 0 Å². The molecule has 0 aliphatic carbocycles. The fraction of sp³-hybridized carbons (Fsp3) is 0.242. The molecule has 7 rings (SSSR count). The summed E-state index contributed by atoms with van der Waals surface area (Å²) in [7, 11) is 4.23. The number of rotatable bonds is 7. The summed E-state index contributed by atoms with van der Waals surface area (Å²) in [6, 6.07) is 23.0. The minimum Gasteiger partial charge on any atom is -0.436 e. The number of nitrogens with zero attached hydrogens (tertiary/aromatic N) is 5. The molecule has 8 nitrogen and oxygen atoms in total. The van der Waals surface area contributed by atoms with Crippen molar-refractivity contribution in [1.29, 1.82) is 0 Å². The van der Waals surface area contributed by atoms with E-state index in [0.717, 1.165) is 69.9 Å². The minimum atomic E-state index is 0.102. The monoisotopic (exact) mass is 543 g/mol. The van der Waals surface area contributed by atoms with Crippen molar-refractivity contribution in [2.24, 2.45) is 0 Å². The lowest BCUT2D eigenvalue weighted by Gasteiger charge is -2.35. The number of aromatic nitrogens is 5. The highest BCUT2D eigenvalue weighted by Gasteiger charge is 2.33. The van der Waals surface area contributed by atoms with E-state index in [4.69, 9.17) is 9.40 Å². The van der Waals surface area contributed by atoms with Gasteiger partial charge in [-0.3, -0.25) is 4.90 Å². The molecule has 0 amide bonds. The van der Waals surface area contributed by atoms with Crippen molar-refractivity contribution in [3.05, 3.63) is 102 Å². The van der Waals surface area contributed by atoms with Crippen LogP contribution in [0.5, 0.6) is 0 Å². The van der Waals surface area contributed by atoms with Crippen molar-refractivity contribution in [1.82, 2.24) is 34.7 Å². The van der Waals surface area contributed by atoms with Crippen LogP contribution in [0.2, 0.25) is 0 Å². The molecular formula is C33H33N7O. The lowest BCUT2D eigenvalue weighted by molar-refractivity contribution is 0.231. The number of para-hydroxylation sites is 1. The number of oxazole rings is 1. The summed E-state index contributed by atoms with van der Waals surface area (Å²) in [5.74, 6) is 3.09. The first-order valence-electron chi connectivity index (χ1n) is 14.0. The standard InChI is InChI=1S/C33H33N7O/c1-20(31(39(3)4)22-10-6-5-7-11-22)40-17-9-14-28(40)32-37-25-16-15-23(18-27(25)38-32)29-19-34-33(41-29)24-12-8-13-26-30(24)36-21(2)35-26/h5-8,10-13,15-16,18-19,28,31H,1,9,14,17H2,2-4H3,(H,35,36)(H,37,38)/t28-,31-/m0/s1. The van der Waals surface area contributed by atoms with Gasteiger partial charge in [-0.1, -0.05) is 43.0 Å². The van der Waals surface area contributed by atoms with Gasteiger partial charge in [0.2, 0.25) is 5.89 Å². The van der Waals surface area contributed by atoms with Crippen LogP contribution in [-0.2, 0) is 0 Å². The zero-order valence-electron chi connectivity index (χ0n) is 23.6. The lowest BCUT2D eigenvalue weighted by Crippen LogP contribution is -2.32. The number of H-pyrrole nitrogens is 2. The molecule has 2 atom stereocenters. The average Bonchev–Trinajstić information content (AvgIpc) is 3.77. The van der Waals surface area contributed by atoms with E-state index in [2.05, 4.69) is 86.8 Å². The van der Waals surface area contributed by atoms with E-state index in [9.17, 15) is 0 Å². The Labute approximate surface area is 238 Å². The molecule has 3 aromatic carbocycles. The van der Waals surface area contributed by atoms with E-state index >= 15 is 0 Å². The van der Waals surface area contributed by atoms with Crippen LogP contribution in [-0.4, -0.2) is 55.4 Å². The van der Waals surface area contributed by atoms with Gasteiger partial charge >= 0.3 is 0 Å². The first-order valence-corrected chi connectivity index (χ1v) is 14.0. The summed E-state index contributed by atoms with van der Waals surface area (Å²) in [5, 5.41) is 0. The van der Waals surface area contributed by atoms with Crippen molar-refractivity contribution >= 4 is 22.1 Å². The van der Waals surface area contributed by atoms with Crippen molar-refractivity contribution in [2.45, 2.75) is 31.8 Å². The van der Waals surface area contributed by atoms with Crippen LogP contribution >= 0.6 is 0 Å².